The molecule has 2 atom stereocenters. The van der Waals surface area contributed by atoms with Crippen molar-refractivity contribution in [3.63, 3.8) is 0 Å². The van der Waals surface area contributed by atoms with E-state index in [2.05, 4.69) is 26.2 Å². The van der Waals surface area contributed by atoms with E-state index in [0.717, 1.165) is 34.0 Å². The van der Waals surface area contributed by atoms with Crippen LogP contribution in [0.4, 0.5) is 4.39 Å². The van der Waals surface area contributed by atoms with Gasteiger partial charge < -0.3 is 15.0 Å². The lowest BCUT2D eigenvalue weighted by Crippen LogP contribution is -2.43. The van der Waals surface area contributed by atoms with Gasteiger partial charge in [0.25, 0.3) is 0 Å². The predicted octanol–water partition coefficient (Wildman–Crippen LogP) is 3.92. The van der Waals surface area contributed by atoms with Crippen LogP contribution in [-0.4, -0.2) is 33.3 Å². The van der Waals surface area contributed by atoms with Crippen molar-refractivity contribution in [1.29, 1.82) is 0 Å². The molecule has 0 spiro atoms. The molecule has 0 amide bonds. The van der Waals surface area contributed by atoms with Crippen LogP contribution >= 0.6 is 40.7 Å². The molecule has 134 valence electrons. The van der Waals surface area contributed by atoms with Crippen molar-refractivity contribution >= 4 is 51.8 Å². The fourth-order valence-corrected chi connectivity index (χ4v) is 3.17. The van der Waals surface area contributed by atoms with E-state index in [1.54, 1.807) is 10.9 Å². The Kier molecular flexibility index (Phi) is 8.15. The van der Waals surface area contributed by atoms with Crippen molar-refractivity contribution in [3.05, 3.63) is 40.4 Å². The monoisotopic (exact) mass is 439 g/mol. The first-order valence-corrected chi connectivity index (χ1v) is 8.23. The minimum absolute atomic E-state index is 0. The van der Waals surface area contributed by atoms with Gasteiger partial charge in [0.05, 0.1) is 36.1 Å². The fraction of sp³-hybridized carbons (Fsp3) is 0.438. The number of hydrogen-bond acceptors (Lipinski definition) is 3. The molecule has 2 N–H and O–H groups in total. The summed E-state index contributed by atoms with van der Waals surface area (Å²) in [5, 5.41) is 13.0. The average molecular weight is 441 g/mol. The number of rotatable bonds is 3. The molecule has 1 aliphatic rings. The largest absolute Gasteiger partial charge is 0.391 e. The molecule has 1 aliphatic heterocycles. The maximum absolute atomic E-state index is 14.3. The van der Waals surface area contributed by atoms with Crippen LogP contribution in [-0.2, 0) is 6.54 Å². The molecule has 0 unspecified atom stereocenters. The van der Waals surface area contributed by atoms with Gasteiger partial charge in [0, 0.05) is 4.47 Å². The van der Waals surface area contributed by atoms with Crippen molar-refractivity contribution in [2.45, 2.75) is 38.5 Å². The lowest BCUT2D eigenvalue weighted by molar-refractivity contribution is 0.114. The Hall–Kier alpha value is -0.660. The van der Waals surface area contributed by atoms with Crippen molar-refractivity contribution < 1.29 is 9.50 Å². The van der Waals surface area contributed by atoms with Gasteiger partial charge in [-0.25, -0.2) is 9.37 Å². The summed E-state index contributed by atoms with van der Waals surface area (Å²) in [6, 6.07) is 3.57. The number of aliphatic hydroxyl groups excluding tert-OH is 1. The normalized spacial score (nSPS) is 21.2. The highest BCUT2D eigenvalue weighted by Crippen LogP contribution is 2.25. The third-order valence-electron chi connectivity index (χ3n) is 4.13. The van der Waals surface area contributed by atoms with Crippen LogP contribution in [0.25, 0.3) is 11.0 Å². The van der Waals surface area contributed by atoms with Gasteiger partial charge in [-0.15, -0.1) is 24.8 Å². The molecule has 1 saturated heterocycles. The van der Waals surface area contributed by atoms with E-state index < -0.39 is 6.10 Å². The minimum atomic E-state index is -0.516. The lowest BCUT2D eigenvalue weighted by Gasteiger charge is -2.26. The highest BCUT2D eigenvalue weighted by atomic mass is 79.9. The number of allylic oxidation sites excluding steroid dienone is 1. The van der Waals surface area contributed by atoms with Crippen LogP contribution < -0.4 is 5.32 Å². The third kappa shape index (κ3) is 4.49. The molecule has 1 fully saturated rings. The lowest BCUT2D eigenvalue weighted by atomic mass is 10.0. The molecule has 4 nitrogen and oxygen atoms in total. The maximum atomic E-state index is 14.3. The van der Waals surface area contributed by atoms with Crippen LogP contribution in [0, 0.1) is 6.92 Å². The summed E-state index contributed by atoms with van der Waals surface area (Å²) in [5.41, 5.74) is 2.82. The number of halogens is 4. The summed E-state index contributed by atoms with van der Waals surface area (Å²) in [7, 11) is 0. The molecule has 8 heteroatoms. The number of piperidine rings is 1. The van der Waals surface area contributed by atoms with Crippen molar-refractivity contribution in [3.8, 4) is 0 Å². The SMILES string of the molecule is Cc1c(Br)ccc2c1ncn2C/C(F)=C/[C@H]1NCCC[C@@H]1O.Cl.Cl. The molecule has 0 saturated carbocycles. The molecule has 3 rings (SSSR count). The predicted molar refractivity (Wildman–Crippen MR) is 103 cm³/mol. The van der Waals surface area contributed by atoms with Crippen LogP contribution in [0.15, 0.2) is 34.8 Å². The molecule has 0 aliphatic carbocycles. The van der Waals surface area contributed by atoms with Crippen LogP contribution in [0.2, 0.25) is 0 Å². The third-order valence-corrected chi connectivity index (χ3v) is 4.99. The van der Waals surface area contributed by atoms with Crippen molar-refractivity contribution in [1.82, 2.24) is 14.9 Å². The van der Waals surface area contributed by atoms with E-state index in [-0.39, 0.29) is 43.2 Å². The van der Waals surface area contributed by atoms with Crippen LogP contribution in [0.3, 0.4) is 0 Å². The fourth-order valence-electron chi connectivity index (χ4n) is 2.85. The first kappa shape index (κ1) is 21.4. The number of benzene rings is 1. The Morgan fingerprint density at radius 2 is 2.25 bits per heavy atom. The number of aliphatic hydroxyl groups is 1. The Labute approximate surface area is 161 Å². The van der Waals surface area contributed by atoms with E-state index in [4.69, 9.17) is 0 Å². The zero-order valence-electron chi connectivity index (χ0n) is 13.2. The van der Waals surface area contributed by atoms with Gasteiger partial charge >= 0.3 is 0 Å². The zero-order chi connectivity index (χ0) is 15.7. The number of imidazole rings is 1. The standard InChI is InChI=1S/C16H19BrFN3O.2ClH/c1-10-12(17)4-5-14-16(10)20-9-21(14)8-11(18)7-13-15(22)3-2-6-19-13;;/h4-5,7,9,13,15,19,22H,2-3,6,8H2,1H3;2*1H/b11-7-;;/t13-,15+;;/m1../s1. The smallest absolute Gasteiger partial charge is 0.117 e. The summed E-state index contributed by atoms with van der Waals surface area (Å²) in [4.78, 5) is 4.37. The number of hydrogen-bond donors (Lipinski definition) is 2. The number of aromatic nitrogens is 2. The maximum Gasteiger partial charge on any atom is 0.117 e. The van der Waals surface area contributed by atoms with E-state index in [9.17, 15) is 9.50 Å². The second-order valence-corrected chi connectivity index (χ2v) is 6.57. The molecular weight excluding hydrogens is 420 g/mol. The molecule has 2 aromatic rings. The highest BCUT2D eigenvalue weighted by Gasteiger charge is 2.21. The van der Waals surface area contributed by atoms with Gasteiger partial charge in [0.15, 0.2) is 0 Å². The van der Waals surface area contributed by atoms with Gasteiger partial charge in [-0.2, -0.15) is 0 Å². The molecule has 2 heterocycles. The highest BCUT2D eigenvalue weighted by molar-refractivity contribution is 9.10. The number of aryl methyl sites for hydroxylation is 1. The quantitative estimate of drug-likeness (QED) is 0.760. The van der Waals surface area contributed by atoms with E-state index in [1.165, 1.54) is 6.08 Å². The Bertz CT molecular complexity index is 723. The topological polar surface area (TPSA) is 50.1 Å². The molecule has 0 radical (unpaired) electrons. The van der Waals surface area contributed by atoms with Crippen molar-refractivity contribution in [2.24, 2.45) is 0 Å². The van der Waals surface area contributed by atoms with Gasteiger partial charge in [-0.1, -0.05) is 15.9 Å². The summed E-state index contributed by atoms with van der Waals surface area (Å²) >= 11 is 3.48. The van der Waals surface area contributed by atoms with Crippen molar-refractivity contribution in [2.75, 3.05) is 6.54 Å². The number of nitrogens with zero attached hydrogens (tertiary/aromatic N) is 2. The van der Waals surface area contributed by atoms with E-state index in [0.29, 0.717) is 6.42 Å². The first-order chi connectivity index (χ1) is 10.6. The van der Waals surface area contributed by atoms with Crippen LogP contribution in [0.5, 0.6) is 0 Å². The summed E-state index contributed by atoms with van der Waals surface area (Å²) in [5.74, 6) is -0.265. The summed E-state index contributed by atoms with van der Waals surface area (Å²) in [6.45, 7) is 2.92. The summed E-state index contributed by atoms with van der Waals surface area (Å²) in [6.07, 6.45) is 4.26. The van der Waals surface area contributed by atoms with Gasteiger partial charge in [0.1, 0.15) is 5.83 Å². The molecule has 1 aromatic carbocycles. The second kappa shape index (κ2) is 9.15. The molecular formula is C16H21BrCl2FN3O. The van der Waals surface area contributed by atoms with E-state index >= 15 is 0 Å². The summed E-state index contributed by atoms with van der Waals surface area (Å²) < 4.78 is 17.1. The Balaban J connectivity index is 0.00000144. The number of fused-ring (bicyclic) bond motifs is 1. The second-order valence-electron chi connectivity index (χ2n) is 5.72. The first-order valence-electron chi connectivity index (χ1n) is 7.44. The molecule has 24 heavy (non-hydrogen) atoms. The molecule has 1 aromatic heterocycles. The Morgan fingerprint density at radius 1 is 1.50 bits per heavy atom. The number of nitrogens with one attached hydrogen (secondary N) is 1. The Morgan fingerprint density at radius 3 is 2.96 bits per heavy atom. The van der Waals surface area contributed by atoms with Crippen LogP contribution in [0.1, 0.15) is 18.4 Å². The zero-order valence-corrected chi connectivity index (χ0v) is 16.4. The average Bonchev–Trinajstić information content (AvgIpc) is 2.89. The van der Waals surface area contributed by atoms with Gasteiger partial charge in [0.2, 0.25) is 0 Å². The minimum Gasteiger partial charge on any atom is -0.391 e. The van der Waals surface area contributed by atoms with Gasteiger partial charge in [-0.05, 0) is 50.1 Å². The van der Waals surface area contributed by atoms with E-state index in [1.807, 2.05) is 19.1 Å². The molecule has 0 bridgehead atoms. The van der Waals surface area contributed by atoms with Gasteiger partial charge in [-0.3, -0.25) is 0 Å².